The van der Waals surface area contributed by atoms with Crippen molar-refractivity contribution in [2.45, 2.75) is 18.6 Å². The second-order valence-corrected chi connectivity index (χ2v) is 8.53. The standard InChI is InChI=1S/C16H22N2O5S/c1-23-9-16(20)18-6-5-17(8-12-3-2-4-13(19)7-12)14-10-24(21,22)11-15(14)18/h2-4,7,14-15,19H,5-6,8-11H2,1H3/t14-,15+/m1/s1. The highest BCUT2D eigenvalue weighted by molar-refractivity contribution is 7.91. The number of hydrogen-bond acceptors (Lipinski definition) is 6. The first-order chi connectivity index (χ1) is 11.4. The van der Waals surface area contributed by atoms with E-state index in [1.165, 1.54) is 7.11 Å². The Morgan fingerprint density at radius 2 is 2.04 bits per heavy atom. The fourth-order valence-electron chi connectivity index (χ4n) is 3.63. The molecule has 1 amide bonds. The number of carbonyl (C=O) groups excluding carboxylic acids is 1. The minimum atomic E-state index is -3.17. The fraction of sp³-hybridized carbons (Fsp3) is 0.562. The van der Waals surface area contributed by atoms with Gasteiger partial charge in [0.1, 0.15) is 12.4 Å². The maximum atomic E-state index is 12.2. The van der Waals surface area contributed by atoms with Gasteiger partial charge in [-0.25, -0.2) is 8.42 Å². The van der Waals surface area contributed by atoms with Gasteiger partial charge in [0.2, 0.25) is 5.91 Å². The van der Waals surface area contributed by atoms with Crippen LogP contribution in [0, 0.1) is 0 Å². The molecule has 1 aromatic carbocycles. The number of aromatic hydroxyl groups is 1. The highest BCUT2D eigenvalue weighted by Crippen LogP contribution is 2.28. The number of rotatable bonds is 4. The third-order valence-electron chi connectivity index (χ3n) is 4.68. The average molecular weight is 354 g/mol. The normalized spacial score (nSPS) is 26.3. The van der Waals surface area contributed by atoms with E-state index in [4.69, 9.17) is 4.74 Å². The van der Waals surface area contributed by atoms with Gasteiger partial charge in [0.15, 0.2) is 9.84 Å². The number of carbonyl (C=O) groups is 1. The Bertz CT molecular complexity index is 721. The van der Waals surface area contributed by atoms with Crippen molar-refractivity contribution in [1.29, 1.82) is 0 Å². The first kappa shape index (κ1) is 17.2. The topological polar surface area (TPSA) is 87.2 Å². The minimum absolute atomic E-state index is 0.00363. The summed E-state index contributed by atoms with van der Waals surface area (Å²) < 4.78 is 29.2. The van der Waals surface area contributed by atoms with Crippen molar-refractivity contribution in [2.75, 3.05) is 38.3 Å². The molecule has 0 spiro atoms. The van der Waals surface area contributed by atoms with Crippen LogP contribution in [0.2, 0.25) is 0 Å². The Hall–Kier alpha value is -1.64. The number of sulfone groups is 1. The molecule has 3 rings (SSSR count). The molecule has 2 aliphatic heterocycles. The van der Waals surface area contributed by atoms with Crippen LogP contribution in [0.3, 0.4) is 0 Å². The summed E-state index contributed by atoms with van der Waals surface area (Å²) in [5.41, 5.74) is 0.926. The van der Waals surface area contributed by atoms with Crippen LogP contribution in [0.1, 0.15) is 5.56 Å². The lowest BCUT2D eigenvalue weighted by molar-refractivity contribution is -0.141. The Kier molecular flexibility index (Phi) is 4.80. The summed E-state index contributed by atoms with van der Waals surface area (Å²) in [6.45, 7) is 1.60. The smallest absolute Gasteiger partial charge is 0.248 e. The first-order valence-corrected chi connectivity index (χ1v) is 9.72. The predicted octanol–water partition coefficient (Wildman–Crippen LogP) is -0.152. The Morgan fingerprint density at radius 1 is 1.29 bits per heavy atom. The lowest BCUT2D eigenvalue weighted by atomic mass is 10.0. The molecule has 2 saturated heterocycles. The zero-order valence-electron chi connectivity index (χ0n) is 13.6. The second-order valence-electron chi connectivity index (χ2n) is 6.37. The first-order valence-electron chi connectivity index (χ1n) is 7.90. The summed E-state index contributed by atoms with van der Waals surface area (Å²) in [4.78, 5) is 16.0. The van der Waals surface area contributed by atoms with Gasteiger partial charge in [0.25, 0.3) is 0 Å². The van der Waals surface area contributed by atoms with Gasteiger partial charge in [-0.1, -0.05) is 12.1 Å². The maximum absolute atomic E-state index is 12.2. The van der Waals surface area contributed by atoms with Crippen molar-refractivity contribution < 1.29 is 23.1 Å². The van der Waals surface area contributed by atoms with Crippen molar-refractivity contribution in [3.8, 4) is 5.75 Å². The van der Waals surface area contributed by atoms with Gasteiger partial charge < -0.3 is 14.7 Å². The molecule has 8 heteroatoms. The lowest BCUT2D eigenvalue weighted by Gasteiger charge is -2.43. The van der Waals surface area contributed by atoms with E-state index in [1.54, 1.807) is 23.1 Å². The molecule has 2 fully saturated rings. The molecule has 2 aliphatic rings. The van der Waals surface area contributed by atoms with Crippen LogP contribution in [-0.4, -0.2) is 79.6 Å². The summed E-state index contributed by atoms with van der Waals surface area (Å²) >= 11 is 0. The number of fused-ring (bicyclic) bond motifs is 1. The van der Waals surface area contributed by atoms with E-state index in [0.717, 1.165) is 5.56 Å². The van der Waals surface area contributed by atoms with E-state index >= 15 is 0 Å². The van der Waals surface area contributed by atoms with Gasteiger partial charge in [-0.15, -0.1) is 0 Å². The van der Waals surface area contributed by atoms with Gasteiger partial charge in [-0.2, -0.15) is 0 Å². The van der Waals surface area contributed by atoms with E-state index in [1.807, 2.05) is 6.07 Å². The molecule has 2 heterocycles. The zero-order valence-corrected chi connectivity index (χ0v) is 14.4. The van der Waals surface area contributed by atoms with E-state index in [2.05, 4.69) is 4.90 Å². The van der Waals surface area contributed by atoms with Crippen LogP contribution < -0.4 is 0 Å². The molecule has 2 atom stereocenters. The third kappa shape index (κ3) is 3.55. The number of phenolic OH excluding ortho intramolecular Hbond substituents is 1. The number of hydrogen-bond donors (Lipinski definition) is 1. The van der Waals surface area contributed by atoms with E-state index < -0.39 is 9.84 Å². The summed E-state index contributed by atoms with van der Waals surface area (Å²) in [6.07, 6.45) is 0. The van der Waals surface area contributed by atoms with E-state index in [0.29, 0.717) is 19.6 Å². The quantitative estimate of drug-likeness (QED) is 0.809. The van der Waals surface area contributed by atoms with Crippen LogP contribution in [-0.2, 0) is 25.9 Å². The van der Waals surface area contributed by atoms with Gasteiger partial charge in [-0.05, 0) is 17.7 Å². The largest absolute Gasteiger partial charge is 0.508 e. The highest BCUT2D eigenvalue weighted by atomic mass is 32.2. The molecule has 132 valence electrons. The number of phenols is 1. The van der Waals surface area contributed by atoms with Crippen LogP contribution >= 0.6 is 0 Å². The summed E-state index contributed by atoms with van der Waals surface area (Å²) in [6, 6.07) is 6.41. The number of piperazine rings is 1. The molecular weight excluding hydrogens is 332 g/mol. The predicted molar refractivity (Wildman–Crippen MR) is 88.3 cm³/mol. The monoisotopic (exact) mass is 354 g/mol. The van der Waals surface area contributed by atoms with Crippen molar-refractivity contribution in [2.24, 2.45) is 0 Å². The van der Waals surface area contributed by atoms with Crippen LogP contribution in [0.15, 0.2) is 24.3 Å². The van der Waals surface area contributed by atoms with E-state index in [-0.39, 0.29) is 41.9 Å². The second kappa shape index (κ2) is 6.70. The number of methoxy groups -OCH3 is 1. The zero-order chi connectivity index (χ0) is 17.3. The molecule has 0 aliphatic carbocycles. The molecule has 24 heavy (non-hydrogen) atoms. The number of amides is 1. The summed E-state index contributed by atoms with van der Waals surface area (Å²) in [5.74, 6) is 0.0929. The van der Waals surface area contributed by atoms with Crippen molar-refractivity contribution in [3.63, 3.8) is 0 Å². The van der Waals surface area contributed by atoms with Gasteiger partial charge in [0, 0.05) is 32.8 Å². The van der Waals surface area contributed by atoms with Crippen molar-refractivity contribution >= 4 is 15.7 Å². The van der Waals surface area contributed by atoms with Crippen molar-refractivity contribution in [1.82, 2.24) is 9.80 Å². The molecule has 0 unspecified atom stereocenters. The summed E-state index contributed by atoms with van der Waals surface area (Å²) in [7, 11) is -1.71. The number of nitrogens with zero attached hydrogens (tertiary/aromatic N) is 2. The molecule has 1 aromatic rings. The van der Waals surface area contributed by atoms with Crippen molar-refractivity contribution in [3.05, 3.63) is 29.8 Å². The van der Waals surface area contributed by atoms with Gasteiger partial charge >= 0.3 is 0 Å². The Labute approximate surface area is 141 Å². The molecule has 0 aromatic heterocycles. The number of ether oxygens (including phenoxy) is 1. The van der Waals surface area contributed by atoms with Gasteiger partial charge in [0.05, 0.1) is 17.5 Å². The van der Waals surface area contributed by atoms with Crippen LogP contribution in [0.4, 0.5) is 0 Å². The lowest BCUT2D eigenvalue weighted by Crippen LogP contribution is -2.60. The maximum Gasteiger partial charge on any atom is 0.248 e. The SMILES string of the molecule is COCC(=O)N1CCN(Cc2cccc(O)c2)[C@@H]2CS(=O)(=O)C[C@@H]21. The molecule has 0 radical (unpaired) electrons. The third-order valence-corrected chi connectivity index (χ3v) is 6.37. The molecular formula is C16H22N2O5S. The average Bonchev–Trinajstić information content (AvgIpc) is 2.83. The Balaban J connectivity index is 1.80. The summed E-state index contributed by atoms with van der Waals surface area (Å²) in [5, 5.41) is 9.61. The highest BCUT2D eigenvalue weighted by Gasteiger charge is 2.47. The van der Waals surface area contributed by atoms with Crippen LogP contribution in [0.25, 0.3) is 0 Å². The van der Waals surface area contributed by atoms with Gasteiger partial charge in [-0.3, -0.25) is 9.69 Å². The fourth-order valence-corrected chi connectivity index (χ4v) is 5.64. The van der Waals surface area contributed by atoms with Crippen LogP contribution in [0.5, 0.6) is 5.75 Å². The molecule has 0 bridgehead atoms. The Morgan fingerprint density at radius 3 is 2.75 bits per heavy atom. The minimum Gasteiger partial charge on any atom is -0.508 e. The molecule has 0 saturated carbocycles. The number of benzene rings is 1. The van der Waals surface area contributed by atoms with E-state index in [9.17, 15) is 18.3 Å². The molecule has 1 N–H and O–H groups in total. The molecule has 7 nitrogen and oxygen atoms in total.